The van der Waals surface area contributed by atoms with Gasteiger partial charge in [0, 0.05) is 24.9 Å². The van der Waals surface area contributed by atoms with Gasteiger partial charge >= 0.3 is 0 Å². The fourth-order valence-corrected chi connectivity index (χ4v) is 3.60. The second kappa shape index (κ2) is 7.02. The molecule has 4 heteroatoms. The summed E-state index contributed by atoms with van der Waals surface area (Å²) in [6.07, 6.45) is 2.62. The minimum absolute atomic E-state index is 0.363. The highest BCUT2D eigenvalue weighted by Crippen LogP contribution is 2.36. The van der Waals surface area contributed by atoms with Gasteiger partial charge in [0.25, 0.3) is 0 Å². The first kappa shape index (κ1) is 15.2. The first-order valence-corrected chi connectivity index (χ1v) is 8.24. The average molecular weight is 291 g/mol. The summed E-state index contributed by atoms with van der Waals surface area (Å²) < 4.78 is 0.363. The Morgan fingerprint density at radius 3 is 2.65 bits per heavy atom. The summed E-state index contributed by atoms with van der Waals surface area (Å²) in [5, 5.41) is 6.83. The Bertz CT molecular complexity index is 447. The molecule has 2 N–H and O–H groups in total. The van der Waals surface area contributed by atoms with Crippen molar-refractivity contribution in [1.82, 2.24) is 10.6 Å². The predicted octanol–water partition coefficient (Wildman–Crippen LogP) is 2.95. The molecule has 0 bridgehead atoms. The predicted molar refractivity (Wildman–Crippen MR) is 89.5 cm³/mol. The van der Waals surface area contributed by atoms with Crippen LogP contribution in [0.15, 0.2) is 29.3 Å². The fourth-order valence-electron chi connectivity index (χ4n) is 2.36. The van der Waals surface area contributed by atoms with E-state index in [9.17, 15) is 0 Å². The maximum atomic E-state index is 4.30. The van der Waals surface area contributed by atoms with E-state index in [4.69, 9.17) is 0 Å². The van der Waals surface area contributed by atoms with E-state index >= 15 is 0 Å². The van der Waals surface area contributed by atoms with Crippen LogP contribution in [0.25, 0.3) is 0 Å². The van der Waals surface area contributed by atoms with Gasteiger partial charge in [-0.2, -0.15) is 11.8 Å². The number of hydrogen-bond acceptors (Lipinski definition) is 2. The molecular weight excluding hydrogens is 266 g/mol. The molecule has 0 aromatic heterocycles. The van der Waals surface area contributed by atoms with Crippen LogP contribution < -0.4 is 10.6 Å². The van der Waals surface area contributed by atoms with Crippen molar-refractivity contribution in [2.75, 3.05) is 19.3 Å². The smallest absolute Gasteiger partial charge is 0.191 e. The molecule has 0 amide bonds. The number of nitrogens with one attached hydrogen (secondary N) is 2. The molecular formula is C16H25N3S. The standard InChI is InChI=1S/C16H25N3S/c1-13-5-7-14(8-6-13)11-18-15(17-3)19-12-16(2)9-4-10-20-16/h5-8H,4,9-12H2,1-3H3,(H2,17,18,19). The van der Waals surface area contributed by atoms with E-state index < -0.39 is 0 Å². The van der Waals surface area contributed by atoms with Crippen molar-refractivity contribution in [3.05, 3.63) is 35.4 Å². The largest absolute Gasteiger partial charge is 0.355 e. The molecule has 1 unspecified atom stereocenters. The molecule has 1 atom stereocenters. The normalized spacial score (nSPS) is 22.9. The molecule has 0 radical (unpaired) electrons. The second-order valence-electron chi connectivity index (χ2n) is 5.67. The van der Waals surface area contributed by atoms with E-state index in [0.717, 1.165) is 19.0 Å². The Balaban J connectivity index is 1.79. The lowest BCUT2D eigenvalue weighted by Crippen LogP contribution is -2.43. The third-order valence-corrected chi connectivity index (χ3v) is 5.27. The topological polar surface area (TPSA) is 36.4 Å². The highest BCUT2D eigenvalue weighted by molar-refractivity contribution is 8.00. The zero-order valence-corrected chi connectivity index (χ0v) is 13.5. The molecule has 3 nitrogen and oxygen atoms in total. The van der Waals surface area contributed by atoms with Crippen LogP contribution in [0.3, 0.4) is 0 Å². The van der Waals surface area contributed by atoms with Crippen LogP contribution >= 0.6 is 11.8 Å². The Morgan fingerprint density at radius 1 is 1.30 bits per heavy atom. The number of benzene rings is 1. The van der Waals surface area contributed by atoms with Crippen LogP contribution in [-0.2, 0) is 6.54 Å². The number of hydrogen-bond donors (Lipinski definition) is 2. The van der Waals surface area contributed by atoms with Gasteiger partial charge < -0.3 is 10.6 Å². The van der Waals surface area contributed by atoms with E-state index in [1.807, 2.05) is 7.05 Å². The van der Waals surface area contributed by atoms with Crippen molar-refractivity contribution in [2.45, 2.75) is 38.0 Å². The van der Waals surface area contributed by atoms with Crippen molar-refractivity contribution >= 4 is 17.7 Å². The van der Waals surface area contributed by atoms with Crippen LogP contribution in [-0.4, -0.2) is 30.1 Å². The number of guanidine groups is 1. The van der Waals surface area contributed by atoms with Gasteiger partial charge in [-0.3, -0.25) is 4.99 Å². The summed E-state index contributed by atoms with van der Waals surface area (Å²) in [6, 6.07) is 8.60. The minimum Gasteiger partial charge on any atom is -0.355 e. The molecule has 1 aromatic carbocycles. The van der Waals surface area contributed by atoms with Gasteiger partial charge in [0.05, 0.1) is 0 Å². The SMILES string of the molecule is CN=C(NCc1ccc(C)cc1)NCC1(C)CCCS1. The molecule has 1 aliphatic heterocycles. The number of thioether (sulfide) groups is 1. The van der Waals surface area contributed by atoms with Gasteiger partial charge in [-0.1, -0.05) is 29.8 Å². The molecule has 0 spiro atoms. The van der Waals surface area contributed by atoms with E-state index in [1.165, 1.54) is 29.7 Å². The summed E-state index contributed by atoms with van der Waals surface area (Å²) >= 11 is 2.07. The number of aryl methyl sites for hydroxylation is 1. The second-order valence-corrected chi connectivity index (χ2v) is 7.35. The number of nitrogens with zero attached hydrogens (tertiary/aromatic N) is 1. The van der Waals surface area contributed by atoms with E-state index in [-0.39, 0.29) is 0 Å². The molecule has 1 saturated heterocycles. The Kier molecular flexibility index (Phi) is 5.35. The van der Waals surface area contributed by atoms with E-state index in [1.54, 1.807) is 0 Å². The van der Waals surface area contributed by atoms with E-state index in [2.05, 4.69) is 65.5 Å². The molecule has 0 aliphatic carbocycles. The quantitative estimate of drug-likeness (QED) is 0.661. The summed E-state index contributed by atoms with van der Waals surface area (Å²) in [6.45, 7) is 6.23. The monoisotopic (exact) mass is 291 g/mol. The molecule has 20 heavy (non-hydrogen) atoms. The van der Waals surface area contributed by atoms with Crippen molar-refractivity contribution in [3.63, 3.8) is 0 Å². The Morgan fingerprint density at radius 2 is 2.05 bits per heavy atom. The highest BCUT2D eigenvalue weighted by Gasteiger charge is 2.29. The average Bonchev–Trinajstić information content (AvgIpc) is 2.88. The van der Waals surface area contributed by atoms with Gasteiger partial charge in [-0.15, -0.1) is 0 Å². The van der Waals surface area contributed by atoms with Gasteiger partial charge in [0.1, 0.15) is 0 Å². The molecule has 1 heterocycles. The van der Waals surface area contributed by atoms with Gasteiger partial charge in [0.15, 0.2) is 5.96 Å². The van der Waals surface area contributed by atoms with Crippen LogP contribution in [0.4, 0.5) is 0 Å². The van der Waals surface area contributed by atoms with Crippen LogP contribution in [0.1, 0.15) is 30.9 Å². The molecule has 110 valence electrons. The highest BCUT2D eigenvalue weighted by atomic mass is 32.2. The first-order chi connectivity index (χ1) is 9.61. The van der Waals surface area contributed by atoms with Crippen LogP contribution in [0, 0.1) is 6.92 Å². The zero-order chi connectivity index (χ0) is 14.4. The van der Waals surface area contributed by atoms with Crippen molar-refractivity contribution in [3.8, 4) is 0 Å². The van der Waals surface area contributed by atoms with E-state index in [0.29, 0.717) is 4.75 Å². The summed E-state index contributed by atoms with van der Waals surface area (Å²) in [5.41, 5.74) is 2.57. The van der Waals surface area contributed by atoms with Crippen LogP contribution in [0.2, 0.25) is 0 Å². The molecule has 0 saturated carbocycles. The third-order valence-electron chi connectivity index (χ3n) is 3.73. The van der Waals surface area contributed by atoms with Gasteiger partial charge in [-0.05, 0) is 38.0 Å². The summed E-state index contributed by atoms with van der Waals surface area (Å²) in [7, 11) is 1.83. The fraction of sp³-hybridized carbons (Fsp3) is 0.562. The zero-order valence-electron chi connectivity index (χ0n) is 12.7. The lowest BCUT2D eigenvalue weighted by atomic mass is 10.1. The lowest BCUT2D eigenvalue weighted by molar-refractivity contribution is 0.584. The molecule has 1 aliphatic rings. The summed E-state index contributed by atoms with van der Waals surface area (Å²) in [5.74, 6) is 2.17. The Labute approximate surface area is 126 Å². The number of aliphatic imine (C=N–C) groups is 1. The lowest BCUT2D eigenvalue weighted by Gasteiger charge is -2.24. The number of rotatable bonds is 4. The first-order valence-electron chi connectivity index (χ1n) is 7.25. The maximum Gasteiger partial charge on any atom is 0.191 e. The molecule has 1 fully saturated rings. The van der Waals surface area contributed by atoms with Gasteiger partial charge in [0.2, 0.25) is 0 Å². The molecule has 2 rings (SSSR count). The molecule has 1 aromatic rings. The maximum absolute atomic E-state index is 4.30. The van der Waals surface area contributed by atoms with Gasteiger partial charge in [-0.25, -0.2) is 0 Å². The van der Waals surface area contributed by atoms with Crippen molar-refractivity contribution < 1.29 is 0 Å². The van der Waals surface area contributed by atoms with Crippen LogP contribution in [0.5, 0.6) is 0 Å². The summed E-state index contributed by atoms with van der Waals surface area (Å²) in [4.78, 5) is 4.30. The Hall–Kier alpha value is -1.16. The minimum atomic E-state index is 0.363. The van der Waals surface area contributed by atoms with Crippen molar-refractivity contribution in [2.24, 2.45) is 4.99 Å². The van der Waals surface area contributed by atoms with Crippen molar-refractivity contribution in [1.29, 1.82) is 0 Å². The third kappa shape index (κ3) is 4.44.